The summed E-state index contributed by atoms with van der Waals surface area (Å²) in [6.07, 6.45) is 6.98. The van der Waals surface area contributed by atoms with Gasteiger partial charge < -0.3 is 59.2 Å². The van der Waals surface area contributed by atoms with Gasteiger partial charge in [0, 0.05) is 42.8 Å². The van der Waals surface area contributed by atoms with Crippen molar-refractivity contribution in [3.8, 4) is 93.4 Å². The molecular formula is C68H99N25O6S2. The zero-order valence-electron chi connectivity index (χ0n) is 55.4. The number of nitrogens with zero attached hydrogens (tertiary/aromatic N) is 13. The minimum absolute atomic E-state index is 0. The van der Waals surface area contributed by atoms with Crippen LogP contribution >= 0.6 is 0 Å². The van der Waals surface area contributed by atoms with Crippen LogP contribution in [-0.2, 0) is 24.7 Å². The van der Waals surface area contributed by atoms with Crippen molar-refractivity contribution in [2.24, 2.45) is 5.73 Å². The van der Waals surface area contributed by atoms with Gasteiger partial charge in [0.1, 0.15) is 45.6 Å². The number of aromatic amines is 4. The maximum absolute atomic E-state index is 11.5. The van der Waals surface area contributed by atoms with E-state index in [2.05, 4.69) is 142 Å². The van der Waals surface area contributed by atoms with Crippen molar-refractivity contribution >= 4 is 99.2 Å². The molecule has 1 saturated heterocycles. The van der Waals surface area contributed by atoms with Gasteiger partial charge in [0.25, 0.3) is 0 Å². The smallest absolute Gasteiger partial charge is 0.312 e. The number of rotatable bonds is 9. The number of urea groups is 1. The number of carbonyl (C=O) groups is 2. The number of H-pyrrole nitrogens is 4. The number of fused-ring (bicyclic) bond motifs is 4. The Morgan fingerprint density at radius 2 is 0.802 bits per heavy atom. The summed E-state index contributed by atoms with van der Waals surface area (Å²) in [5.74, 6) is 26.0. The minimum atomic E-state index is -3.28. The molecule has 0 atom stereocenters. The third kappa shape index (κ3) is 19.7. The fraction of sp³-hybridized carbons (Fsp3) is 0.206. The minimum Gasteiger partial charge on any atom is -0.382 e. The highest BCUT2D eigenvalue weighted by molar-refractivity contribution is 7.91. The Morgan fingerprint density at radius 3 is 1.11 bits per heavy atom. The summed E-state index contributed by atoms with van der Waals surface area (Å²) < 4.78 is 47.2. The van der Waals surface area contributed by atoms with Crippen LogP contribution in [-0.4, -0.2) is 170 Å². The molecule has 0 saturated carbocycles. The Bertz CT molecular complexity index is 5560. The van der Waals surface area contributed by atoms with E-state index in [1.807, 2.05) is 105 Å². The SMILES string of the molecule is CC(=O)NCC#Cc1cnc(N)c(-c2nc3ccc(C)cc3[nH]2)n1.Cc1ccc2nc(-c3nc(C#CCN4CCS(=O)(=O)CC4)cnc3N)[nH]c2c1.Cc1ccc2nc(-c3nc(C#CCNC(N)=O)cnc3N)[nH]c2c1.Cc1ccc2nc(-c3nc(C#CCNS(C)(=O)=O)cnc3N)[nH]c2c1.[HH].[HH].[HH].[HH].[HH].[HH].[HH].[HH].[HH].[HH].[HH].[HH].[HH].[HH].[HH].[HH]. The highest BCUT2D eigenvalue weighted by Gasteiger charge is 2.21. The van der Waals surface area contributed by atoms with Crippen LogP contribution in [0.15, 0.2) is 97.6 Å². The van der Waals surface area contributed by atoms with Crippen LogP contribution in [0.1, 0.15) is 74.8 Å². The predicted molar refractivity (Wildman–Crippen MR) is 421 cm³/mol. The van der Waals surface area contributed by atoms with E-state index in [9.17, 15) is 26.4 Å². The first-order valence-electron chi connectivity index (χ1n) is 30.7. The Labute approximate surface area is 602 Å². The highest BCUT2D eigenvalue weighted by Crippen LogP contribution is 2.28. The van der Waals surface area contributed by atoms with Gasteiger partial charge in [0.2, 0.25) is 15.9 Å². The number of nitrogens with two attached hydrogens (primary N) is 5. The monoisotopic (exact) mass is 1430 g/mol. The number of anilines is 4. The topological polar surface area (TPSA) is 490 Å². The van der Waals surface area contributed by atoms with Crippen LogP contribution in [0.4, 0.5) is 28.1 Å². The van der Waals surface area contributed by atoms with Gasteiger partial charge in [-0.05, 0) is 122 Å². The molecule has 13 rings (SSSR count). The number of hydrogen-bond donors (Lipinski definition) is 12. The van der Waals surface area contributed by atoms with Gasteiger partial charge in [-0.1, -0.05) is 47.9 Å². The quantitative estimate of drug-likeness (QED) is 0.0607. The van der Waals surface area contributed by atoms with Crippen LogP contribution in [0.25, 0.3) is 90.2 Å². The lowest BCUT2D eigenvalue weighted by molar-refractivity contribution is -0.118. The summed E-state index contributed by atoms with van der Waals surface area (Å²) in [5.41, 5.74) is 43.6. The van der Waals surface area contributed by atoms with Crippen LogP contribution in [0.2, 0.25) is 0 Å². The van der Waals surface area contributed by atoms with E-state index in [1.54, 1.807) is 0 Å². The molecule has 1 aliphatic heterocycles. The van der Waals surface area contributed by atoms with Crippen molar-refractivity contribution in [3.05, 3.63) is 143 Å². The first-order chi connectivity index (χ1) is 48.3. The number of carbonyl (C=O) groups excluding carboxylic acids is 2. The van der Waals surface area contributed by atoms with Gasteiger partial charge in [-0.25, -0.2) is 86.2 Å². The van der Waals surface area contributed by atoms with Crippen LogP contribution in [0.5, 0.6) is 0 Å². The second kappa shape index (κ2) is 31.5. The van der Waals surface area contributed by atoms with E-state index in [4.69, 9.17) is 28.7 Å². The third-order valence-electron chi connectivity index (χ3n) is 14.5. The number of sulfonamides is 1. The van der Waals surface area contributed by atoms with E-state index in [1.165, 1.54) is 31.7 Å². The number of nitrogen functional groups attached to an aromatic ring is 4. The van der Waals surface area contributed by atoms with Crippen LogP contribution in [0, 0.1) is 75.1 Å². The van der Waals surface area contributed by atoms with Gasteiger partial charge in [-0.15, -0.1) is 0 Å². The molecule has 0 aliphatic carbocycles. The molecule has 544 valence electrons. The Balaban J connectivity index is -0.000000264. The van der Waals surface area contributed by atoms with Gasteiger partial charge in [0.05, 0.1) is 113 Å². The Hall–Kier alpha value is -12.9. The average Bonchev–Trinajstić information content (AvgIpc) is 1.67. The molecule has 12 aromatic rings. The predicted octanol–water partition coefficient (Wildman–Crippen LogP) is 8.07. The van der Waals surface area contributed by atoms with Crippen LogP contribution in [0.3, 0.4) is 0 Å². The molecule has 9 heterocycles. The maximum Gasteiger partial charge on any atom is 0.312 e. The molecule has 1 fully saturated rings. The molecule has 0 spiro atoms. The fourth-order valence-electron chi connectivity index (χ4n) is 9.50. The summed E-state index contributed by atoms with van der Waals surface area (Å²) >= 11 is 0. The molecular weight excluding hydrogens is 1330 g/mol. The number of amides is 3. The molecule has 4 aromatic carbocycles. The number of sulfone groups is 1. The second-order valence-electron chi connectivity index (χ2n) is 22.7. The van der Waals surface area contributed by atoms with E-state index < -0.39 is 25.9 Å². The van der Waals surface area contributed by atoms with E-state index in [0.717, 1.165) is 72.6 Å². The summed E-state index contributed by atoms with van der Waals surface area (Å²) in [5, 5.41) is 4.96. The molecule has 0 radical (unpaired) electrons. The summed E-state index contributed by atoms with van der Waals surface area (Å²) in [6.45, 7) is 11.3. The Morgan fingerprint density at radius 1 is 0.495 bits per heavy atom. The van der Waals surface area contributed by atoms with Gasteiger partial charge in [-0.3, -0.25) is 9.69 Å². The molecule has 0 unspecified atom stereocenters. The average molecular weight is 1430 g/mol. The molecule has 3 amide bonds. The molecule has 1 aliphatic rings. The van der Waals surface area contributed by atoms with E-state index in [-0.39, 0.29) is 83.1 Å². The van der Waals surface area contributed by atoms with Crippen molar-refractivity contribution in [1.82, 2.24) is 100.0 Å². The zero-order valence-corrected chi connectivity index (χ0v) is 57.0. The maximum atomic E-state index is 11.5. The zero-order chi connectivity index (χ0) is 72.0. The molecule has 31 nitrogen and oxygen atoms in total. The first kappa shape index (κ1) is 70.9. The van der Waals surface area contributed by atoms with E-state index in [0.29, 0.717) is 88.5 Å². The molecule has 33 heteroatoms. The lowest BCUT2D eigenvalue weighted by Gasteiger charge is -2.24. The van der Waals surface area contributed by atoms with Gasteiger partial charge >= 0.3 is 6.03 Å². The van der Waals surface area contributed by atoms with Gasteiger partial charge in [0.15, 0.2) is 56.4 Å². The molecule has 101 heavy (non-hydrogen) atoms. The lowest BCUT2D eigenvalue weighted by atomic mass is 10.2. The summed E-state index contributed by atoms with van der Waals surface area (Å²) in [6, 6.07) is 23.0. The number of benzene rings is 4. The molecule has 8 aromatic heterocycles. The second-order valence-corrected chi connectivity index (χ2v) is 26.9. The van der Waals surface area contributed by atoms with Crippen molar-refractivity contribution in [1.29, 1.82) is 0 Å². The van der Waals surface area contributed by atoms with Crippen molar-refractivity contribution in [2.75, 3.05) is 80.0 Å². The number of imidazole rings is 4. The van der Waals surface area contributed by atoms with Crippen molar-refractivity contribution in [3.63, 3.8) is 0 Å². The van der Waals surface area contributed by atoms with Crippen LogP contribution < -0.4 is 44.0 Å². The molecule has 17 N–H and O–H groups in total. The normalized spacial score (nSPS) is 12.3. The number of primary amides is 1. The molecule has 0 bridgehead atoms. The number of nitrogens with one attached hydrogen (secondary N) is 7. The fourth-order valence-corrected chi connectivity index (χ4v) is 11.1. The Kier molecular flexibility index (Phi) is 22.1. The third-order valence-corrected chi connectivity index (χ3v) is 16.7. The first-order valence-corrected chi connectivity index (χ1v) is 34.5. The number of hydrogen-bond acceptors (Lipinski definition) is 23. The summed E-state index contributed by atoms with van der Waals surface area (Å²) in [4.78, 5) is 88.4. The largest absolute Gasteiger partial charge is 0.382 e. The lowest BCUT2D eigenvalue weighted by Crippen LogP contribution is -2.40. The standard InChI is InChI=1S/C19H20N6O2S.C17H16N6O.C16H15N7O.C16H16N6O2S.16H2/c1-13-4-5-15-16(11-13)24-19(23-15)17-18(20)21-12-14(22-17)3-2-6-25-7-9-28(26,27)10-8-25;1-10-5-6-13-14(8-10)23-17(22-13)15-16(18)20-9-12(21-15)4-3-7-19-11(2)24;1-9-4-5-11-12(7-9)23-15(22-11)13-14(17)20-8-10(21-13)3-2-6-19-16(18)24;1-10-5-6-12-13(8-10)22-16(21-12)14-15(17)18-9-11(20-14)4-3-7-19-25(2,23)24;;;;;;;;;;;;;;;;/h4-5,11-12H,6-10H2,1H3,(H2,20,21)(H,23,24);5-6,8-9H,7H2,1-2H3,(H2,18,20)(H,19,24)(H,22,23);4-5,7-8H,6H2,1H3,(H2,17,20)(H,22,23)(H3,18,19,24);5-6,8-9,19H,7H2,1-2H3,(H2,17,18)(H,21,22);16*1H. The van der Waals surface area contributed by atoms with Crippen molar-refractivity contribution in [2.45, 2.75) is 34.6 Å². The number of aromatic nitrogens is 16. The summed E-state index contributed by atoms with van der Waals surface area (Å²) in [7, 11) is -6.16. The van der Waals surface area contributed by atoms with Gasteiger partial charge in [-0.2, -0.15) is 0 Å². The highest BCUT2D eigenvalue weighted by atomic mass is 32.2. The number of aryl methyl sites for hydroxylation is 4. The van der Waals surface area contributed by atoms with Crippen molar-refractivity contribution < 1.29 is 49.3 Å². The van der Waals surface area contributed by atoms with E-state index >= 15 is 0 Å².